The van der Waals surface area contributed by atoms with E-state index in [1.54, 1.807) is 0 Å². The number of hydrogen-bond donors (Lipinski definition) is 5. The second-order valence-corrected chi connectivity index (χ2v) is 8.86. The van der Waals surface area contributed by atoms with E-state index >= 15 is 0 Å². The number of carbonyl (C=O) groups excluding carboxylic acids is 5. The van der Waals surface area contributed by atoms with E-state index in [1.807, 2.05) is 0 Å². The number of ether oxygens (including phenoxy) is 1. The zero-order chi connectivity index (χ0) is 26.1. The van der Waals surface area contributed by atoms with Gasteiger partial charge in [0.1, 0.15) is 28.9 Å². The molecule has 1 fully saturated rings. The summed E-state index contributed by atoms with van der Waals surface area (Å²) in [6.07, 6.45) is -1.75. The van der Waals surface area contributed by atoms with Crippen LogP contribution in [0.1, 0.15) is 22.8 Å². The number of fused-ring (bicyclic) bond motifs is 3. The van der Waals surface area contributed by atoms with Gasteiger partial charge in [-0.15, -0.1) is 0 Å². The van der Waals surface area contributed by atoms with Crippen LogP contribution in [0.25, 0.3) is 5.76 Å². The Kier molecular flexibility index (Phi) is 5.34. The van der Waals surface area contributed by atoms with E-state index in [-0.39, 0.29) is 5.56 Å². The van der Waals surface area contributed by atoms with E-state index in [1.165, 1.54) is 31.1 Å². The fourth-order valence-electron chi connectivity index (χ4n) is 5.36. The summed E-state index contributed by atoms with van der Waals surface area (Å²) < 4.78 is 5.37. The molecule has 1 amide bonds. The van der Waals surface area contributed by atoms with Gasteiger partial charge in [0.25, 0.3) is 5.91 Å². The monoisotopic (exact) mass is 486 g/mol. The van der Waals surface area contributed by atoms with E-state index in [0.29, 0.717) is 0 Å². The Balaban J connectivity index is 2.13. The van der Waals surface area contributed by atoms with Gasteiger partial charge in [-0.2, -0.15) is 0 Å². The van der Waals surface area contributed by atoms with Crippen LogP contribution in [0.3, 0.4) is 0 Å². The number of amides is 1. The van der Waals surface area contributed by atoms with E-state index in [4.69, 9.17) is 10.5 Å². The van der Waals surface area contributed by atoms with Crippen molar-refractivity contribution in [2.45, 2.75) is 24.7 Å². The normalized spacial score (nSPS) is 30.1. The first-order valence-electron chi connectivity index (χ1n) is 10.4. The van der Waals surface area contributed by atoms with Crippen LogP contribution in [-0.2, 0) is 23.9 Å². The molecule has 0 aliphatic heterocycles. The maximum Gasteiger partial charge on any atom is 0.302 e. The zero-order valence-electron chi connectivity index (χ0n) is 18.8. The lowest BCUT2D eigenvalue weighted by atomic mass is 9.55. The molecule has 1 saturated carbocycles. The highest BCUT2D eigenvalue weighted by molar-refractivity contribution is 6.26. The fourth-order valence-corrected chi connectivity index (χ4v) is 5.36. The molecule has 3 aliphatic carbocycles. The number of aliphatic hydroxyl groups excluding tert-OH is 2. The van der Waals surface area contributed by atoms with Crippen molar-refractivity contribution in [3.8, 4) is 5.75 Å². The summed E-state index contributed by atoms with van der Waals surface area (Å²) in [7, 11) is 2.75. The van der Waals surface area contributed by atoms with Gasteiger partial charge in [-0.25, -0.2) is 0 Å². The lowest BCUT2D eigenvalue weighted by Crippen LogP contribution is -2.71. The van der Waals surface area contributed by atoms with Gasteiger partial charge in [0.05, 0.1) is 29.0 Å². The first kappa shape index (κ1) is 24.1. The van der Waals surface area contributed by atoms with Crippen molar-refractivity contribution in [2.75, 3.05) is 14.1 Å². The molecule has 184 valence electrons. The number of aromatic hydroxyl groups is 1. The molecule has 0 bridgehead atoms. The molecular formula is C23H22N2O10. The molecule has 12 heteroatoms. The maximum atomic E-state index is 13.8. The fraction of sp³-hybridized carbons (Fsp3) is 0.348. The number of nitrogens with zero attached hydrogens (tertiary/aromatic N) is 1. The van der Waals surface area contributed by atoms with E-state index in [9.17, 15) is 44.4 Å². The van der Waals surface area contributed by atoms with Crippen molar-refractivity contribution in [2.24, 2.45) is 17.6 Å². The second kappa shape index (κ2) is 7.75. The average molecular weight is 486 g/mol. The molecule has 1 aromatic carbocycles. The van der Waals surface area contributed by atoms with Gasteiger partial charge >= 0.3 is 5.97 Å². The number of benzene rings is 1. The minimum absolute atomic E-state index is 0.187. The quantitative estimate of drug-likeness (QED) is 0.263. The van der Waals surface area contributed by atoms with Crippen LogP contribution in [0.2, 0.25) is 0 Å². The summed E-state index contributed by atoms with van der Waals surface area (Å²) in [6, 6.07) is 2.21. The third kappa shape index (κ3) is 3.03. The van der Waals surface area contributed by atoms with Crippen LogP contribution in [-0.4, -0.2) is 86.4 Å². The highest BCUT2D eigenvalue weighted by Gasteiger charge is 2.70. The van der Waals surface area contributed by atoms with E-state index in [0.717, 1.165) is 13.0 Å². The highest BCUT2D eigenvalue weighted by Crippen LogP contribution is 2.53. The van der Waals surface area contributed by atoms with Crippen LogP contribution in [0.5, 0.6) is 5.75 Å². The number of phenolic OH excluding ortho intramolecular Hbond substituents is 1. The molecule has 1 unspecified atom stereocenters. The standard InChI is InChI=1S/C23H22N2O10/c1-7(26)35-19-11-12(17(29)10-8(16(11)28)5-4-6-9(10)27)20(31)23(34)14(19)15(25(2)3)18(30)13(21(23)32)22(24)33/h4-6,11,14-15,19,27,29,32,34H,1-3H3,(H2,24,33)/t11-,14?,15+,19+,23+/m1/s1. The van der Waals surface area contributed by atoms with Crippen molar-refractivity contribution in [1.29, 1.82) is 0 Å². The first-order chi connectivity index (χ1) is 16.3. The summed E-state index contributed by atoms with van der Waals surface area (Å²) in [4.78, 5) is 65.9. The molecule has 1 aromatic rings. The van der Waals surface area contributed by atoms with Crippen molar-refractivity contribution in [3.63, 3.8) is 0 Å². The topological polar surface area (TPSA) is 205 Å². The largest absolute Gasteiger partial charge is 0.508 e. The number of primary amides is 1. The molecule has 3 aliphatic rings. The van der Waals surface area contributed by atoms with E-state index in [2.05, 4.69) is 0 Å². The maximum absolute atomic E-state index is 13.8. The molecule has 0 saturated heterocycles. The Labute approximate surface area is 197 Å². The molecule has 6 N–H and O–H groups in total. The number of phenols is 1. The Bertz CT molecular complexity index is 1290. The zero-order valence-corrected chi connectivity index (χ0v) is 18.8. The molecule has 4 rings (SSSR count). The molecule has 12 nitrogen and oxygen atoms in total. The van der Waals surface area contributed by atoms with Gasteiger partial charge in [-0.05, 0) is 20.2 Å². The predicted molar refractivity (Wildman–Crippen MR) is 116 cm³/mol. The Hall–Kier alpha value is -4.03. The Morgan fingerprint density at radius 3 is 2.26 bits per heavy atom. The number of hydrogen-bond acceptors (Lipinski definition) is 11. The van der Waals surface area contributed by atoms with Crippen molar-refractivity contribution in [3.05, 3.63) is 46.2 Å². The van der Waals surface area contributed by atoms with Crippen LogP contribution >= 0.6 is 0 Å². The summed E-state index contributed by atoms with van der Waals surface area (Å²) >= 11 is 0. The lowest BCUT2D eigenvalue weighted by molar-refractivity contribution is -0.180. The Morgan fingerprint density at radius 2 is 1.71 bits per heavy atom. The molecule has 5 atom stereocenters. The van der Waals surface area contributed by atoms with Gasteiger partial charge < -0.3 is 30.9 Å². The molecular weight excluding hydrogens is 464 g/mol. The average Bonchev–Trinajstić information content (AvgIpc) is 2.75. The number of Topliss-reactive ketones (excluding diaryl/α,β-unsaturated/α-hetero) is 3. The summed E-state index contributed by atoms with van der Waals surface area (Å²) in [5, 5.41) is 43.8. The van der Waals surface area contributed by atoms with Crippen molar-refractivity contribution >= 4 is 35.0 Å². The number of carbonyl (C=O) groups is 5. The molecule has 0 radical (unpaired) electrons. The minimum atomic E-state index is -3.09. The van der Waals surface area contributed by atoms with Crippen LogP contribution in [0, 0.1) is 11.8 Å². The molecule has 0 aromatic heterocycles. The highest BCUT2D eigenvalue weighted by atomic mass is 16.5. The van der Waals surface area contributed by atoms with Crippen LogP contribution in [0.15, 0.2) is 35.1 Å². The van der Waals surface area contributed by atoms with Crippen LogP contribution in [0.4, 0.5) is 0 Å². The molecule has 0 heterocycles. The van der Waals surface area contributed by atoms with Crippen molar-refractivity contribution < 1.29 is 49.1 Å². The number of rotatable bonds is 3. The van der Waals surface area contributed by atoms with Gasteiger partial charge in [0.15, 0.2) is 17.2 Å². The summed E-state index contributed by atoms with van der Waals surface area (Å²) in [5.41, 5.74) is -0.199. The summed E-state index contributed by atoms with van der Waals surface area (Å²) in [6.45, 7) is 0.992. The summed E-state index contributed by atoms with van der Waals surface area (Å²) in [5.74, 6) is -12.0. The molecule has 35 heavy (non-hydrogen) atoms. The number of ketones is 3. The smallest absolute Gasteiger partial charge is 0.302 e. The van der Waals surface area contributed by atoms with Crippen LogP contribution < -0.4 is 5.73 Å². The Morgan fingerprint density at radius 1 is 1.09 bits per heavy atom. The number of aliphatic hydroxyl groups is 3. The number of esters is 1. The van der Waals surface area contributed by atoms with Gasteiger partial charge in [-0.3, -0.25) is 28.9 Å². The van der Waals surface area contributed by atoms with Gasteiger partial charge in [0, 0.05) is 12.5 Å². The minimum Gasteiger partial charge on any atom is -0.508 e. The third-order valence-electron chi connectivity index (χ3n) is 6.71. The number of nitrogens with two attached hydrogens (primary N) is 1. The first-order valence-corrected chi connectivity index (χ1v) is 10.4. The van der Waals surface area contributed by atoms with Gasteiger partial charge in [0.2, 0.25) is 5.78 Å². The van der Waals surface area contributed by atoms with Crippen molar-refractivity contribution in [1.82, 2.24) is 4.90 Å². The van der Waals surface area contributed by atoms with E-state index < -0.39 is 92.8 Å². The SMILES string of the molecule is CC(=O)O[C@@H]1C2[C@H](N(C)C)C(=O)C(C(N)=O)=C(O)[C@@]2(O)C(=O)C2=C(O)c3c(O)cccc3C(=O)[C@@H]21. The number of likely N-dealkylation sites (N-methyl/N-ethyl adjacent to an activating group) is 1. The third-order valence-corrected chi connectivity index (χ3v) is 6.71. The lowest BCUT2D eigenvalue weighted by Gasteiger charge is -2.52. The van der Waals surface area contributed by atoms with Gasteiger partial charge in [-0.1, -0.05) is 12.1 Å². The predicted octanol–water partition coefficient (Wildman–Crippen LogP) is -0.854. The second-order valence-electron chi connectivity index (χ2n) is 8.86. The molecule has 0 spiro atoms.